The zero-order valence-corrected chi connectivity index (χ0v) is 12.9. The van der Waals surface area contributed by atoms with Crippen LogP contribution in [0.5, 0.6) is 0 Å². The summed E-state index contributed by atoms with van der Waals surface area (Å²) in [6.45, 7) is 9.41. The normalized spacial score (nSPS) is 11.4. The summed E-state index contributed by atoms with van der Waals surface area (Å²) < 4.78 is 0. The molecule has 2 nitrogen and oxygen atoms in total. The van der Waals surface area contributed by atoms with Crippen LogP contribution in [0.4, 0.5) is 0 Å². The van der Waals surface area contributed by atoms with Gasteiger partial charge in [0.25, 0.3) is 0 Å². The molecular weight excluding hydrogens is 244 g/mol. The van der Waals surface area contributed by atoms with E-state index >= 15 is 0 Å². The van der Waals surface area contributed by atoms with E-state index in [0.717, 1.165) is 26.1 Å². The molecule has 2 N–H and O–H groups in total. The second kappa shape index (κ2) is 7.78. The van der Waals surface area contributed by atoms with Crippen molar-refractivity contribution in [3.63, 3.8) is 0 Å². The molecule has 0 spiro atoms. The van der Waals surface area contributed by atoms with Crippen LogP contribution in [0.1, 0.15) is 31.9 Å². The lowest BCUT2D eigenvalue weighted by Gasteiger charge is -2.29. The second-order valence-corrected chi connectivity index (χ2v) is 5.66. The minimum Gasteiger partial charge on any atom is -0.330 e. The van der Waals surface area contributed by atoms with E-state index in [9.17, 15) is 0 Å². The van der Waals surface area contributed by atoms with E-state index in [1.54, 1.807) is 0 Å². The topological polar surface area (TPSA) is 29.3 Å². The molecule has 0 bridgehead atoms. The number of halogens is 1. The van der Waals surface area contributed by atoms with Crippen LogP contribution in [0.3, 0.4) is 0 Å². The maximum absolute atomic E-state index is 5.78. The first kappa shape index (κ1) is 17.4. The Labute approximate surface area is 118 Å². The first-order chi connectivity index (χ1) is 7.98. The van der Waals surface area contributed by atoms with E-state index in [2.05, 4.69) is 57.0 Å². The molecule has 18 heavy (non-hydrogen) atoms. The molecule has 1 aromatic carbocycles. The van der Waals surface area contributed by atoms with Gasteiger partial charge in [-0.1, -0.05) is 45.0 Å². The summed E-state index contributed by atoms with van der Waals surface area (Å²) in [6, 6.07) is 8.69. The Kier molecular flexibility index (Phi) is 7.53. The predicted octanol–water partition coefficient (Wildman–Crippen LogP) is 3.09. The fraction of sp³-hybridized carbons (Fsp3) is 0.600. The zero-order chi connectivity index (χ0) is 12.9. The molecule has 104 valence electrons. The van der Waals surface area contributed by atoms with Crippen LogP contribution in [0, 0.1) is 5.41 Å². The van der Waals surface area contributed by atoms with Gasteiger partial charge in [0, 0.05) is 13.1 Å². The van der Waals surface area contributed by atoms with Crippen molar-refractivity contribution in [2.75, 3.05) is 20.1 Å². The van der Waals surface area contributed by atoms with Crippen LogP contribution < -0.4 is 5.73 Å². The number of hydrogen-bond donors (Lipinski definition) is 1. The van der Waals surface area contributed by atoms with Crippen LogP contribution in [-0.4, -0.2) is 25.0 Å². The fourth-order valence-electron chi connectivity index (χ4n) is 2.20. The molecule has 0 aliphatic rings. The Morgan fingerprint density at radius 2 is 1.72 bits per heavy atom. The third kappa shape index (κ3) is 5.38. The van der Waals surface area contributed by atoms with Crippen LogP contribution >= 0.6 is 12.4 Å². The van der Waals surface area contributed by atoms with E-state index < -0.39 is 0 Å². The Balaban J connectivity index is 0.00000289. The second-order valence-electron chi connectivity index (χ2n) is 5.66. The maximum atomic E-state index is 5.78. The van der Waals surface area contributed by atoms with E-state index in [-0.39, 0.29) is 17.8 Å². The maximum Gasteiger partial charge on any atom is 0.0233 e. The molecule has 0 fully saturated rings. The summed E-state index contributed by atoms with van der Waals surface area (Å²) in [5.74, 6) is 0. The highest BCUT2D eigenvalue weighted by molar-refractivity contribution is 5.85. The molecule has 3 heteroatoms. The summed E-state index contributed by atoms with van der Waals surface area (Å²) in [4.78, 5) is 2.36. The van der Waals surface area contributed by atoms with Crippen molar-refractivity contribution >= 4 is 12.4 Å². The van der Waals surface area contributed by atoms with Gasteiger partial charge in [-0.3, -0.25) is 0 Å². The molecule has 0 aliphatic heterocycles. The van der Waals surface area contributed by atoms with Crippen LogP contribution in [0.15, 0.2) is 24.3 Å². The van der Waals surface area contributed by atoms with Gasteiger partial charge in [0.15, 0.2) is 0 Å². The summed E-state index contributed by atoms with van der Waals surface area (Å²) >= 11 is 0. The van der Waals surface area contributed by atoms with Crippen LogP contribution in [-0.2, 0) is 13.0 Å². The number of aryl methyl sites for hydroxylation is 1. The molecular formula is C15H27ClN2. The van der Waals surface area contributed by atoms with Crippen molar-refractivity contribution in [2.45, 2.75) is 33.7 Å². The van der Waals surface area contributed by atoms with Gasteiger partial charge in [-0.2, -0.15) is 0 Å². The van der Waals surface area contributed by atoms with Crippen molar-refractivity contribution in [1.29, 1.82) is 0 Å². The van der Waals surface area contributed by atoms with Gasteiger partial charge in [-0.05, 0) is 36.6 Å². The van der Waals surface area contributed by atoms with E-state index in [0.29, 0.717) is 0 Å². The molecule has 0 saturated heterocycles. The van der Waals surface area contributed by atoms with Gasteiger partial charge in [0.2, 0.25) is 0 Å². The predicted molar refractivity (Wildman–Crippen MR) is 82.2 cm³/mol. The highest BCUT2D eigenvalue weighted by Gasteiger charge is 2.18. The molecule has 0 saturated carbocycles. The van der Waals surface area contributed by atoms with Gasteiger partial charge in [0.1, 0.15) is 0 Å². The van der Waals surface area contributed by atoms with E-state index in [1.807, 2.05) is 0 Å². The summed E-state index contributed by atoms with van der Waals surface area (Å²) in [7, 11) is 2.17. The molecule has 0 heterocycles. The quantitative estimate of drug-likeness (QED) is 0.861. The number of hydrogen-bond acceptors (Lipinski definition) is 2. The number of nitrogens with two attached hydrogens (primary N) is 1. The minimum absolute atomic E-state index is 0. The summed E-state index contributed by atoms with van der Waals surface area (Å²) in [6.07, 6.45) is 1.10. The standard InChI is InChI=1S/C15H26N2.ClH/c1-5-13-8-6-7-9-14(13)10-17(4)12-15(2,3)11-16;/h6-9H,5,10-12,16H2,1-4H3;1H. The van der Waals surface area contributed by atoms with Crippen molar-refractivity contribution < 1.29 is 0 Å². The lowest BCUT2D eigenvalue weighted by Crippen LogP contribution is -2.36. The molecule has 1 rings (SSSR count). The molecule has 0 aliphatic carbocycles. The van der Waals surface area contributed by atoms with Gasteiger partial charge in [-0.25, -0.2) is 0 Å². The minimum atomic E-state index is 0. The summed E-state index contributed by atoms with van der Waals surface area (Å²) in [5.41, 5.74) is 8.85. The third-order valence-electron chi connectivity index (χ3n) is 3.19. The SMILES string of the molecule is CCc1ccccc1CN(C)CC(C)(C)CN.Cl. The smallest absolute Gasteiger partial charge is 0.0233 e. The average Bonchev–Trinajstić information content (AvgIpc) is 2.29. The van der Waals surface area contributed by atoms with Gasteiger partial charge >= 0.3 is 0 Å². The first-order valence-corrected chi connectivity index (χ1v) is 6.44. The highest BCUT2D eigenvalue weighted by atomic mass is 35.5. The summed E-state index contributed by atoms with van der Waals surface area (Å²) in [5, 5.41) is 0. The Morgan fingerprint density at radius 3 is 2.22 bits per heavy atom. The van der Waals surface area contributed by atoms with Gasteiger partial charge in [0.05, 0.1) is 0 Å². The first-order valence-electron chi connectivity index (χ1n) is 6.44. The van der Waals surface area contributed by atoms with Crippen LogP contribution in [0.25, 0.3) is 0 Å². The van der Waals surface area contributed by atoms with Crippen molar-refractivity contribution in [1.82, 2.24) is 4.90 Å². The molecule has 0 atom stereocenters. The number of nitrogens with zero attached hydrogens (tertiary/aromatic N) is 1. The fourth-order valence-corrected chi connectivity index (χ4v) is 2.20. The van der Waals surface area contributed by atoms with Gasteiger partial charge < -0.3 is 10.6 Å². The van der Waals surface area contributed by atoms with E-state index in [4.69, 9.17) is 5.73 Å². The van der Waals surface area contributed by atoms with Gasteiger partial charge in [-0.15, -0.1) is 12.4 Å². The molecule has 0 unspecified atom stereocenters. The van der Waals surface area contributed by atoms with Crippen molar-refractivity contribution in [3.05, 3.63) is 35.4 Å². The average molecular weight is 271 g/mol. The zero-order valence-electron chi connectivity index (χ0n) is 12.1. The van der Waals surface area contributed by atoms with Crippen molar-refractivity contribution in [2.24, 2.45) is 11.1 Å². The Hall–Kier alpha value is -0.570. The lowest BCUT2D eigenvalue weighted by molar-refractivity contribution is 0.209. The molecule has 0 amide bonds. The highest BCUT2D eigenvalue weighted by Crippen LogP contribution is 2.17. The lowest BCUT2D eigenvalue weighted by atomic mass is 9.93. The largest absolute Gasteiger partial charge is 0.330 e. The van der Waals surface area contributed by atoms with E-state index in [1.165, 1.54) is 11.1 Å². The number of rotatable bonds is 6. The number of benzene rings is 1. The molecule has 0 radical (unpaired) electrons. The van der Waals surface area contributed by atoms with Crippen LogP contribution in [0.2, 0.25) is 0 Å². The van der Waals surface area contributed by atoms with Crippen molar-refractivity contribution in [3.8, 4) is 0 Å². The molecule has 1 aromatic rings. The Morgan fingerprint density at radius 1 is 1.17 bits per heavy atom. The Bertz CT molecular complexity index is 350. The molecule has 0 aromatic heterocycles. The third-order valence-corrected chi connectivity index (χ3v) is 3.19. The monoisotopic (exact) mass is 270 g/mol.